The summed E-state index contributed by atoms with van der Waals surface area (Å²) in [6.07, 6.45) is 4.92. The number of rotatable bonds is 5. The summed E-state index contributed by atoms with van der Waals surface area (Å²) in [5.41, 5.74) is 1.22. The molecule has 110 valence electrons. The monoisotopic (exact) mass is 305 g/mol. The summed E-state index contributed by atoms with van der Waals surface area (Å²) in [5, 5.41) is 3.19. The normalized spacial score (nSPS) is 10.4. The molecule has 0 spiro atoms. The maximum atomic E-state index is 13.6. The highest BCUT2D eigenvalue weighted by molar-refractivity contribution is 7.98. The number of hydrogen-bond acceptors (Lipinski definition) is 4. The Bertz CT molecular complexity index is 649. The third kappa shape index (κ3) is 3.78. The van der Waals surface area contributed by atoms with Gasteiger partial charge in [0.05, 0.1) is 16.9 Å². The molecular formula is C15H16FN3OS. The molecule has 2 aromatic rings. The third-order valence-corrected chi connectivity index (χ3v) is 3.44. The molecule has 1 aromatic carbocycles. The van der Waals surface area contributed by atoms with Gasteiger partial charge in [-0.1, -0.05) is 37.2 Å². The molecule has 0 aliphatic carbocycles. The number of amides is 1. The zero-order valence-electron chi connectivity index (χ0n) is 11.9. The fourth-order valence-electron chi connectivity index (χ4n) is 1.87. The fourth-order valence-corrected chi connectivity index (χ4v) is 2.23. The number of aryl methyl sites for hydroxylation is 1. The first-order valence-electron chi connectivity index (χ1n) is 6.61. The fraction of sp³-hybridized carbons (Fsp3) is 0.267. The van der Waals surface area contributed by atoms with E-state index in [4.69, 9.17) is 0 Å². The lowest BCUT2D eigenvalue weighted by Gasteiger charge is -2.10. The van der Waals surface area contributed by atoms with Crippen LogP contribution in [0.15, 0.2) is 35.6 Å². The van der Waals surface area contributed by atoms with Gasteiger partial charge in [0.2, 0.25) is 0 Å². The van der Waals surface area contributed by atoms with Crippen molar-refractivity contribution in [1.82, 2.24) is 9.97 Å². The second-order valence-corrected chi connectivity index (χ2v) is 5.17. The van der Waals surface area contributed by atoms with Crippen LogP contribution in [0.3, 0.4) is 0 Å². The van der Waals surface area contributed by atoms with Gasteiger partial charge in [-0.15, -0.1) is 0 Å². The van der Waals surface area contributed by atoms with E-state index < -0.39 is 11.7 Å². The van der Waals surface area contributed by atoms with Gasteiger partial charge < -0.3 is 5.32 Å². The van der Waals surface area contributed by atoms with Gasteiger partial charge in [0.15, 0.2) is 5.16 Å². The van der Waals surface area contributed by atoms with Crippen molar-refractivity contribution in [2.75, 3.05) is 11.6 Å². The van der Waals surface area contributed by atoms with Crippen LogP contribution < -0.4 is 5.32 Å². The number of hydrogen-bond donors (Lipinski definition) is 1. The number of carbonyl (C=O) groups excluding carboxylic acids is 1. The van der Waals surface area contributed by atoms with Crippen molar-refractivity contribution in [3.05, 3.63) is 47.5 Å². The SMILES string of the molecule is CCCc1nc(SC)ncc1C(=O)Nc1ccccc1F. The molecule has 1 amide bonds. The van der Waals surface area contributed by atoms with Crippen LogP contribution in [-0.4, -0.2) is 22.1 Å². The van der Waals surface area contributed by atoms with Crippen molar-refractivity contribution in [1.29, 1.82) is 0 Å². The van der Waals surface area contributed by atoms with Crippen LogP contribution in [0, 0.1) is 5.82 Å². The zero-order valence-corrected chi connectivity index (χ0v) is 12.7. The van der Waals surface area contributed by atoms with Crippen molar-refractivity contribution in [3.8, 4) is 0 Å². The molecule has 21 heavy (non-hydrogen) atoms. The second-order valence-electron chi connectivity index (χ2n) is 4.40. The maximum Gasteiger partial charge on any atom is 0.259 e. The van der Waals surface area contributed by atoms with Crippen molar-refractivity contribution in [3.63, 3.8) is 0 Å². The Morgan fingerprint density at radius 2 is 2.14 bits per heavy atom. The van der Waals surface area contributed by atoms with E-state index in [-0.39, 0.29) is 5.69 Å². The summed E-state index contributed by atoms with van der Waals surface area (Å²) in [5.74, 6) is -0.860. The second kappa shape index (κ2) is 7.17. The predicted octanol–water partition coefficient (Wildman–Crippen LogP) is 3.54. The number of aromatic nitrogens is 2. The Balaban J connectivity index is 2.28. The molecule has 0 atom stereocenters. The first kappa shape index (κ1) is 15.4. The zero-order chi connectivity index (χ0) is 15.2. The van der Waals surface area contributed by atoms with Crippen molar-refractivity contribution >= 4 is 23.4 Å². The van der Waals surface area contributed by atoms with E-state index in [1.807, 2.05) is 13.2 Å². The van der Waals surface area contributed by atoms with Crippen LogP contribution in [0.25, 0.3) is 0 Å². The first-order valence-corrected chi connectivity index (χ1v) is 7.84. The number of anilines is 1. The lowest BCUT2D eigenvalue weighted by Crippen LogP contribution is -2.17. The number of nitrogens with one attached hydrogen (secondary N) is 1. The predicted molar refractivity (Wildman–Crippen MR) is 82.2 cm³/mol. The Morgan fingerprint density at radius 1 is 1.38 bits per heavy atom. The molecule has 1 aromatic heterocycles. The Labute approximate surface area is 127 Å². The van der Waals surface area contributed by atoms with Gasteiger partial charge >= 0.3 is 0 Å². The summed E-state index contributed by atoms with van der Waals surface area (Å²) in [6.45, 7) is 2.01. The Hall–Kier alpha value is -1.95. The average Bonchev–Trinajstić information content (AvgIpc) is 2.49. The molecule has 0 radical (unpaired) electrons. The molecule has 1 N–H and O–H groups in total. The van der Waals surface area contributed by atoms with E-state index in [0.717, 1.165) is 6.42 Å². The molecule has 0 saturated carbocycles. The highest BCUT2D eigenvalue weighted by Gasteiger charge is 2.15. The molecule has 2 rings (SSSR count). The van der Waals surface area contributed by atoms with Gasteiger partial charge in [-0.2, -0.15) is 0 Å². The van der Waals surface area contributed by atoms with E-state index >= 15 is 0 Å². The molecule has 6 heteroatoms. The number of carbonyl (C=O) groups is 1. The molecule has 0 saturated heterocycles. The summed E-state index contributed by atoms with van der Waals surface area (Å²) >= 11 is 1.42. The summed E-state index contributed by atoms with van der Waals surface area (Å²) in [6, 6.07) is 6.06. The van der Waals surface area contributed by atoms with Gasteiger partial charge in [0.25, 0.3) is 5.91 Å². The topological polar surface area (TPSA) is 54.9 Å². The van der Waals surface area contributed by atoms with Crippen molar-refractivity contribution < 1.29 is 9.18 Å². The van der Waals surface area contributed by atoms with Gasteiger partial charge in [-0.25, -0.2) is 14.4 Å². The molecular weight excluding hydrogens is 289 g/mol. The smallest absolute Gasteiger partial charge is 0.259 e. The summed E-state index contributed by atoms with van der Waals surface area (Å²) in [4.78, 5) is 20.8. The Morgan fingerprint density at radius 3 is 2.81 bits per heavy atom. The molecule has 0 fully saturated rings. The number of thioether (sulfide) groups is 1. The molecule has 0 aliphatic heterocycles. The highest BCUT2D eigenvalue weighted by Crippen LogP contribution is 2.17. The van der Waals surface area contributed by atoms with Crippen LogP contribution in [0.2, 0.25) is 0 Å². The molecule has 0 aliphatic rings. The lowest BCUT2D eigenvalue weighted by molar-refractivity contribution is 0.102. The first-order chi connectivity index (χ1) is 10.2. The summed E-state index contributed by atoms with van der Waals surface area (Å²) in [7, 11) is 0. The minimum Gasteiger partial charge on any atom is -0.319 e. The number of halogens is 1. The molecule has 0 bridgehead atoms. The van der Waals surface area contributed by atoms with Crippen LogP contribution in [0.5, 0.6) is 0 Å². The van der Waals surface area contributed by atoms with E-state index in [9.17, 15) is 9.18 Å². The molecule has 1 heterocycles. The quantitative estimate of drug-likeness (QED) is 0.678. The largest absolute Gasteiger partial charge is 0.319 e. The maximum absolute atomic E-state index is 13.6. The molecule has 4 nitrogen and oxygen atoms in total. The van der Waals surface area contributed by atoms with E-state index in [2.05, 4.69) is 15.3 Å². The highest BCUT2D eigenvalue weighted by atomic mass is 32.2. The van der Waals surface area contributed by atoms with Gasteiger partial charge in [-0.05, 0) is 24.8 Å². The third-order valence-electron chi connectivity index (χ3n) is 2.88. The standard InChI is InChI=1S/C15H16FN3OS/c1-3-6-12-10(9-17-15(19-12)21-2)14(20)18-13-8-5-4-7-11(13)16/h4-5,7-9H,3,6H2,1-2H3,(H,18,20). The Kier molecular flexibility index (Phi) is 5.27. The van der Waals surface area contributed by atoms with Crippen molar-refractivity contribution in [2.45, 2.75) is 24.9 Å². The minimum absolute atomic E-state index is 0.152. The van der Waals surface area contributed by atoms with Crippen LogP contribution in [-0.2, 0) is 6.42 Å². The number of nitrogens with zero attached hydrogens (tertiary/aromatic N) is 2. The minimum atomic E-state index is -0.468. The van der Waals surface area contributed by atoms with Crippen LogP contribution >= 0.6 is 11.8 Å². The lowest BCUT2D eigenvalue weighted by atomic mass is 10.1. The van der Waals surface area contributed by atoms with Crippen LogP contribution in [0.4, 0.5) is 10.1 Å². The number of benzene rings is 1. The summed E-state index contributed by atoms with van der Waals surface area (Å²) < 4.78 is 13.6. The van der Waals surface area contributed by atoms with Gasteiger partial charge in [0, 0.05) is 6.20 Å². The van der Waals surface area contributed by atoms with E-state index in [1.54, 1.807) is 12.1 Å². The van der Waals surface area contributed by atoms with E-state index in [0.29, 0.717) is 22.8 Å². The van der Waals surface area contributed by atoms with Gasteiger partial charge in [-0.3, -0.25) is 4.79 Å². The van der Waals surface area contributed by atoms with E-state index in [1.165, 1.54) is 30.1 Å². The van der Waals surface area contributed by atoms with Gasteiger partial charge in [0.1, 0.15) is 5.82 Å². The van der Waals surface area contributed by atoms with Crippen LogP contribution in [0.1, 0.15) is 29.4 Å². The average molecular weight is 305 g/mol. The van der Waals surface area contributed by atoms with Crippen molar-refractivity contribution in [2.24, 2.45) is 0 Å². The molecule has 0 unspecified atom stereocenters. The number of para-hydroxylation sites is 1.